The molecule has 0 aliphatic carbocycles. The molecule has 6 N–H and O–H groups in total. The molecule has 0 aromatic carbocycles. The fourth-order valence-corrected chi connectivity index (χ4v) is 6.55. The van der Waals surface area contributed by atoms with Gasteiger partial charge in [0.15, 0.2) is 6.10 Å². The summed E-state index contributed by atoms with van der Waals surface area (Å²) in [6, 6.07) is -1.56. The number of phosphoric ester groups is 1. The number of aliphatic carboxylic acids is 1. The van der Waals surface area contributed by atoms with Crippen LogP contribution < -0.4 is 5.73 Å². The largest absolute Gasteiger partial charge is 0.480 e. The number of allylic oxidation sites excluding steroid dienone is 12. The Morgan fingerprint density at radius 2 is 1.16 bits per heavy atom. The third-order valence-electron chi connectivity index (χ3n) is 9.49. The molecule has 5 atom stereocenters. The van der Waals surface area contributed by atoms with Crippen molar-refractivity contribution in [2.75, 3.05) is 19.8 Å². The Bertz CT molecular complexity index is 1480. The van der Waals surface area contributed by atoms with E-state index in [1.165, 1.54) is 51.4 Å². The van der Waals surface area contributed by atoms with Crippen LogP contribution in [0.25, 0.3) is 0 Å². The zero-order chi connectivity index (χ0) is 47.4. The number of nitrogens with two attached hydrogens (primary N) is 1. The first kappa shape index (κ1) is 60.3. The van der Waals surface area contributed by atoms with Gasteiger partial charge in [-0.1, -0.05) is 169 Å². The number of rotatable bonds is 42. The third-order valence-corrected chi connectivity index (χ3v) is 10.4. The van der Waals surface area contributed by atoms with Crippen LogP contribution in [0.3, 0.4) is 0 Å². The number of hydrogen-bond donors (Lipinski definition) is 5. The van der Waals surface area contributed by atoms with E-state index in [0.717, 1.165) is 44.9 Å². The summed E-state index contributed by atoms with van der Waals surface area (Å²) >= 11 is 0. The van der Waals surface area contributed by atoms with Crippen molar-refractivity contribution in [3.05, 3.63) is 97.2 Å². The number of aliphatic hydroxyl groups excluding tert-OH is 2. The van der Waals surface area contributed by atoms with Gasteiger partial charge in [-0.3, -0.25) is 23.4 Å². The number of esters is 2. The zero-order valence-corrected chi connectivity index (χ0v) is 39.7. The smallest absolute Gasteiger partial charge is 0.472 e. The van der Waals surface area contributed by atoms with Crippen LogP contribution in [0.15, 0.2) is 97.2 Å². The predicted molar refractivity (Wildman–Crippen MR) is 256 cm³/mol. The molecule has 0 heterocycles. The van der Waals surface area contributed by atoms with E-state index >= 15 is 0 Å². The SMILES string of the molecule is CC/C=C\C[C@@H](O)/C=C/C=C\C/C=C\C=C\[C@@H](O)/C=C\CCCC(=O)OC[C@H](COP(=O)(O)OC[C@H](N)C(=O)O)OC(=O)CCCCCCCCCCC/C=C\C/C=C\CCCCC. The van der Waals surface area contributed by atoms with E-state index in [-0.39, 0.29) is 12.8 Å². The van der Waals surface area contributed by atoms with E-state index in [4.69, 9.17) is 24.8 Å². The van der Waals surface area contributed by atoms with E-state index in [1.54, 1.807) is 30.4 Å². The molecule has 64 heavy (non-hydrogen) atoms. The fourth-order valence-electron chi connectivity index (χ4n) is 5.78. The molecule has 14 heteroatoms. The molecule has 0 fully saturated rings. The molecule has 0 radical (unpaired) electrons. The molecular weight excluding hydrogens is 838 g/mol. The number of carbonyl (C=O) groups is 3. The highest BCUT2D eigenvalue weighted by atomic mass is 31.2. The van der Waals surface area contributed by atoms with Crippen LogP contribution in [0.4, 0.5) is 0 Å². The van der Waals surface area contributed by atoms with Crippen LogP contribution in [0.2, 0.25) is 0 Å². The van der Waals surface area contributed by atoms with E-state index < -0.39 is 69.9 Å². The number of carboxylic acid groups (broad SMARTS) is 1. The third kappa shape index (κ3) is 42.3. The molecule has 0 aromatic rings. The van der Waals surface area contributed by atoms with E-state index in [1.807, 2.05) is 49.5 Å². The lowest BCUT2D eigenvalue weighted by Gasteiger charge is -2.20. The minimum Gasteiger partial charge on any atom is -0.480 e. The Morgan fingerprint density at radius 3 is 1.80 bits per heavy atom. The Balaban J connectivity index is 4.56. The van der Waals surface area contributed by atoms with Crippen LogP contribution in [-0.2, 0) is 37.5 Å². The van der Waals surface area contributed by atoms with Gasteiger partial charge in [0.05, 0.1) is 25.4 Å². The molecule has 0 amide bonds. The lowest BCUT2D eigenvalue weighted by atomic mass is 10.1. The van der Waals surface area contributed by atoms with E-state index in [2.05, 4.69) is 35.8 Å². The molecular formula is C50H82NO12P. The van der Waals surface area contributed by atoms with Gasteiger partial charge < -0.3 is 35.4 Å². The average Bonchev–Trinajstić information content (AvgIpc) is 3.26. The van der Waals surface area contributed by atoms with Crippen molar-refractivity contribution in [2.24, 2.45) is 5.73 Å². The van der Waals surface area contributed by atoms with Crippen LogP contribution in [0, 0.1) is 0 Å². The molecule has 0 spiro atoms. The number of aliphatic hydroxyl groups is 2. The fraction of sp³-hybridized carbons (Fsp3) is 0.620. The van der Waals surface area contributed by atoms with E-state index in [9.17, 15) is 34.1 Å². The first-order valence-electron chi connectivity index (χ1n) is 23.5. The molecule has 0 saturated heterocycles. The van der Waals surface area contributed by atoms with Crippen molar-refractivity contribution in [3.63, 3.8) is 0 Å². The van der Waals surface area contributed by atoms with Crippen molar-refractivity contribution in [1.82, 2.24) is 0 Å². The molecule has 364 valence electrons. The number of ether oxygens (including phenoxy) is 2. The Kier molecular flexibility index (Phi) is 40.7. The van der Waals surface area contributed by atoms with Gasteiger partial charge in [0, 0.05) is 12.8 Å². The normalized spacial score (nSPS) is 15.5. The number of carboxylic acids is 1. The van der Waals surface area contributed by atoms with Gasteiger partial charge >= 0.3 is 25.7 Å². The van der Waals surface area contributed by atoms with Crippen molar-refractivity contribution in [2.45, 2.75) is 179 Å². The molecule has 1 unspecified atom stereocenters. The second-order valence-corrected chi connectivity index (χ2v) is 17.0. The summed E-state index contributed by atoms with van der Waals surface area (Å²) in [6.07, 6.45) is 48.2. The molecule has 0 rings (SSSR count). The molecule has 0 bridgehead atoms. The maximum Gasteiger partial charge on any atom is 0.472 e. The average molecular weight is 920 g/mol. The second kappa shape index (κ2) is 43.2. The molecule has 0 aliphatic heterocycles. The Hall–Kier alpha value is -3.68. The summed E-state index contributed by atoms with van der Waals surface area (Å²) in [5.74, 6) is -2.60. The minimum absolute atomic E-state index is 0.0293. The zero-order valence-electron chi connectivity index (χ0n) is 38.8. The summed E-state index contributed by atoms with van der Waals surface area (Å²) in [7, 11) is -4.78. The quantitative estimate of drug-likeness (QED) is 0.0127. The molecule has 0 aromatic heterocycles. The van der Waals surface area contributed by atoms with Crippen molar-refractivity contribution >= 4 is 25.7 Å². The van der Waals surface area contributed by atoms with Gasteiger partial charge in [0.25, 0.3) is 0 Å². The highest BCUT2D eigenvalue weighted by Gasteiger charge is 2.28. The number of hydrogen-bond acceptors (Lipinski definition) is 11. The summed E-state index contributed by atoms with van der Waals surface area (Å²) in [5, 5.41) is 28.9. The molecule has 0 aliphatic rings. The number of unbranched alkanes of at least 4 members (excludes halogenated alkanes) is 13. The van der Waals surface area contributed by atoms with Crippen LogP contribution in [0.1, 0.15) is 155 Å². The second-order valence-electron chi connectivity index (χ2n) is 15.6. The molecule has 0 saturated carbocycles. The first-order valence-corrected chi connectivity index (χ1v) is 25.0. The van der Waals surface area contributed by atoms with Gasteiger partial charge in [-0.15, -0.1) is 0 Å². The summed E-state index contributed by atoms with van der Waals surface area (Å²) in [4.78, 5) is 46.1. The summed E-state index contributed by atoms with van der Waals surface area (Å²) < 4.78 is 32.6. The first-order chi connectivity index (χ1) is 30.9. The van der Waals surface area contributed by atoms with Crippen LogP contribution >= 0.6 is 7.82 Å². The van der Waals surface area contributed by atoms with Gasteiger partial charge in [0.2, 0.25) is 0 Å². The highest BCUT2D eigenvalue weighted by Crippen LogP contribution is 2.43. The maximum atomic E-state index is 12.7. The summed E-state index contributed by atoms with van der Waals surface area (Å²) in [5.41, 5.74) is 5.33. The predicted octanol–water partition coefficient (Wildman–Crippen LogP) is 10.8. The summed E-state index contributed by atoms with van der Waals surface area (Å²) in [6.45, 7) is 2.38. The van der Waals surface area contributed by atoms with Crippen molar-refractivity contribution in [3.8, 4) is 0 Å². The van der Waals surface area contributed by atoms with Crippen molar-refractivity contribution < 1.29 is 57.7 Å². The Morgan fingerprint density at radius 1 is 0.594 bits per heavy atom. The lowest BCUT2D eigenvalue weighted by molar-refractivity contribution is -0.161. The van der Waals surface area contributed by atoms with Gasteiger partial charge in [-0.2, -0.15) is 0 Å². The van der Waals surface area contributed by atoms with E-state index in [0.29, 0.717) is 32.1 Å². The van der Waals surface area contributed by atoms with Gasteiger partial charge in [0.1, 0.15) is 12.6 Å². The lowest BCUT2D eigenvalue weighted by Crippen LogP contribution is -2.34. The van der Waals surface area contributed by atoms with Crippen molar-refractivity contribution in [1.29, 1.82) is 0 Å². The Labute approximate surface area is 384 Å². The van der Waals surface area contributed by atoms with Crippen LogP contribution in [0.5, 0.6) is 0 Å². The number of carbonyl (C=O) groups excluding carboxylic acids is 2. The van der Waals surface area contributed by atoms with Gasteiger partial charge in [-0.05, 0) is 70.6 Å². The topological polar surface area (TPSA) is 212 Å². The highest BCUT2D eigenvalue weighted by molar-refractivity contribution is 7.47. The standard InChI is InChI=1S/C50H82NO12P/c1-3-5-7-8-9-10-11-12-13-14-15-16-17-18-19-20-24-27-33-40-49(55)63-46(42-61-64(58,59)62-43-47(51)50(56)57)41-60-48(54)39-34-28-32-38-45(53)37-31-26-23-21-22-25-30-36-44(52)35-29-6-4-2/h6,9-10,12-13,22-23,25-26,29-32,36-38,44-47,52-53H,3-5,7-8,11,14-21,24,27-28,33-35,39-43,51H2,1-2H3,(H,56,57)(H,58,59)/b10-9-,13-12-,25-22-,26-23-,29-6-,36-30+,37-31+,38-32-/t44-,45-,46-,47+/m1/s1. The maximum absolute atomic E-state index is 12.7. The molecule has 13 nitrogen and oxygen atoms in total. The van der Waals surface area contributed by atoms with Crippen LogP contribution in [-0.4, -0.2) is 82.3 Å². The minimum atomic E-state index is -4.78. The van der Waals surface area contributed by atoms with Gasteiger partial charge in [-0.25, -0.2) is 4.57 Å². The number of phosphoric acid groups is 1. The monoisotopic (exact) mass is 920 g/mol.